The van der Waals surface area contributed by atoms with Gasteiger partial charge in [-0.2, -0.15) is 0 Å². The quantitative estimate of drug-likeness (QED) is 0.322. The molecule has 9 heteroatoms. The van der Waals surface area contributed by atoms with Crippen LogP contribution in [0.4, 0.5) is 0 Å². The van der Waals surface area contributed by atoms with Crippen molar-refractivity contribution >= 4 is 48.7 Å². The fraction of sp³-hybridized carbons (Fsp3) is 1.00. The van der Waals surface area contributed by atoms with Gasteiger partial charge in [0.2, 0.25) is 9.07 Å². The van der Waals surface area contributed by atoms with E-state index in [-0.39, 0.29) is 0 Å². The van der Waals surface area contributed by atoms with Crippen LogP contribution >= 0.6 is 11.1 Å². The van der Waals surface area contributed by atoms with Crippen molar-refractivity contribution in [2.45, 2.75) is 13.1 Å². The van der Waals surface area contributed by atoms with Crippen LogP contribution in [-0.2, 0) is 16.8 Å². The summed E-state index contributed by atoms with van der Waals surface area (Å²) in [5, 5.41) is 0. The van der Waals surface area contributed by atoms with Gasteiger partial charge in [0.25, 0.3) is 20.0 Å². The van der Waals surface area contributed by atoms with Gasteiger partial charge in [0, 0.05) is 7.11 Å². The van der Waals surface area contributed by atoms with Crippen molar-refractivity contribution in [3.8, 4) is 0 Å². The molecular weight excluding hydrogens is 248 g/mol. The molecule has 0 aromatic carbocycles. The largest absolute Gasteiger partial charge is 0.433 e. The minimum atomic E-state index is -1.86. The molecule has 0 unspecified atom stereocenters. The van der Waals surface area contributed by atoms with Crippen LogP contribution in [0.3, 0.4) is 0 Å². The molecule has 0 aliphatic heterocycles. The van der Waals surface area contributed by atoms with Crippen LogP contribution in [0.1, 0.15) is 0 Å². The maximum Gasteiger partial charge on any atom is 0.322 e. The molecule has 0 saturated heterocycles. The lowest BCUT2D eigenvalue weighted by Crippen LogP contribution is -2.36. The molecule has 0 rings (SSSR count). The van der Waals surface area contributed by atoms with E-state index in [4.69, 9.17) is 27.9 Å². The molecule has 0 bridgehead atoms. The molecule has 0 radical (unpaired) electrons. The Morgan fingerprint density at radius 3 is 2.33 bits per heavy atom. The minimum absolute atomic E-state index is 0.798. The van der Waals surface area contributed by atoms with Crippen LogP contribution in [0.25, 0.3) is 0 Å². The summed E-state index contributed by atoms with van der Waals surface area (Å²) < 4.78 is 20.9. The molecule has 0 fully saturated rings. The highest BCUT2D eigenvalue weighted by atomic mass is 35.6. The summed E-state index contributed by atoms with van der Waals surface area (Å²) in [6, 6.07) is 0. The molecule has 0 saturated carbocycles. The van der Waals surface area contributed by atoms with Gasteiger partial charge in [0.1, 0.15) is 0 Å². The summed E-state index contributed by atoms with van der Waals surface area (Å²) >= 11 is 5.43. The second kappa shape index (κ2) is 7.41. The fourth-order valence-electron chi connectivity index (χ4n) is 0.367. The van der Waals surface area contributed by atoms with Gasteiger partial charge in [-0.25, -0.2) is 0 Å². The van der Waals surface area contributed by atoms with Gasteiger partial charge < -0.3 is 16.8 Å². The van der Waals surface area contributed by atoms with Crippen molar-refractivity contribution < 1.29 is 16.8 Å². The Bertz CT molecular complexity index is 114. The Balaban J connectivity index is 3.19. The first-order chi connectivity index (χ1) is 5.62. The zero-order valence-corrected chi connectivity index (χ0v) is 13.6. The van der Waals surface area contributed by atoms with E-state index in [9.17, 15) is 0 Å². The van der Waals surface area contributed by atoms with E-state index < -0.39 is 37.6 Å². The van der Waals surface area contributed by atoms with Gasteiger partial charge in [0.05, 0.1) is 0 Å². The van der Waals surface area contributed by atoms with Crippen molar-refractivity contribution in [3.63, 3.8) is 0 Å². The van der Waals surface area contributed by atoms with Crippen molar-refractivity contribution in [2.24, 2.45) is 0 Å². The average Bonchev–Trinajstić information content (AvgIpc) is 2.04. The zero-order chi connectivity index (χ0) is 9.45. The van der Waals surface area contributed by atoms with Crippen LogP contribution in [0, 0.1) is 0 Å². The average molecular weight is 263 g/mol. The van der Waals surface area contributed by atoms with Gasteiger partial charge in [-0.05, 0) is 13.1 Å². The third-order valence-electron chi connectivity index (χ3n) is 1.23. The van der Waals surface area contributed by atoms with Gasteiger partial charge >= 0.3 is 8.56 Å². The van der Waals surface area contributed by atoms with E-state index >= 15 is 0 Å². The van der Waals surface area contributed by atoms with Crippen LogP contribution in [0.2, 0.25) is 13.1 Å². The maximum absolute atomic E-state index is 5.49. The topological polar surface area (TPSA) is 36.9 Å². The van der Waals surface area contributed by atoms with E-state index in [0.29, 0.717) is 0 Å². The third kappa shape index (κ3) is 7.64. The molecule has 0 atom stereocenters. The highest BCUT2D eigenvalue weighted by molar-refractivity contribution is 6.91. The second-order valence-electron chi connectivity index (χ2n) is 2.50. The molecule has 12 heavy (non-hydrogen) atoms. The third-order valence-corrected chi connectivity index (χ3v) is 9.47. The number of rotatable bonds is 7. The molecule has 0 aromatic rings. The lowest BCUT2D eigenvalue weighted by Gasteiger charge is -2.20. The van der Waals surface area contributed by atoms with E-state index in [2.05, 4.69) is 0 Å². The molecule has 0 aliphatic rings. The second-order valence-corrected chi connectivity index (χ2v) is 11.5. The Morgan fingerprint density at radius 2 is 1.83 bits per heavy atom. The number of hydrogen-bond acceptors (Lipinski definition) is 4. The summed E-state index contributed by atoms with van der Waals surface area (Å²) in [7, 11) is -2.71. The normalized spacial score (nSPS) is 15.0. The zero-order valence-electron chi connectivity index (χ0n) is 7.63. The Morgan fingerprint density at radius 1 is 1.17 bits per heavy atom. The fourth-order valence-corrected chi connectivity index (χ4v) is 5.68. The van der Waals surface area contributed by atoms with E-state index in [1.807, 2.05) is 13.1 Å². The predicted octanol–water partition coefficient (Wildman–Crippen LogP) is -1.38. The van der Waals surface area contributed by atoms with Crippen LogP contribution in [0.5, 0.6) is 0 Å². The Hall–Kier alpha value is 0.998. The molecule has 0 amide bonds. The molecule has 0 spiro atoms. The van der Waals surface area contributed by atoms with Crippen LogP contribution in [-0.4, -0.2) is 44.8 Å². The molecule has 74 valence electrons. The predicted molar refractivity (Wildman–Crippen MR) is 59.2 cm³/mol. The van der Waals surface area contributed by atoms with Gasteiger partial charge in [-0.15, -0.1) is 11.1 Å². The van der Waals surface area contributed by atoms with Crippen molar-refractivity contribution in [1.82, 2.24) is 0 Å². The number of hydrogen-bond donors (Lipinski definition) is 0. The lowest BCUT2D eigenvalue weighted by atomic mass is 11.8. The van der Waals surface area contributed by atoms with E-state index in [0.717, 1.165) is 0 Å². The van der Waals surface area contributed by atoms with Gasteiger partial charge in [-0.3, -0.25) is 0 Å². The highest BCUT2D eigenvalue weighted by Crippen LogP contribution is 2.02. The van der Waals surface area contributed by atoms with Crippen LogP contribution in [0.15, 0.2) is 0 Å². The molecule has 0 N–H and O–H groups in total. The molecule has 4 nitrogen and oxygen atoms in total. The maximum atomic E-state index is 5.49. The summed E-state index contributed by atoms with van der Waals surface area (Å²) in [4.78, 5) is 0. The van der Waals surface area contributed by atoms with Crippen molar-refractivity contribution in [1.29, 1.82) is 0 Å². The standard InChI is InChI=1S/C3H15ClO4Si4/c1-5-12(2,3)8-11-7-10-6-9-4/h9-11H2,1-3H3. The van der Waals surface area contributed by atoms with Crippen molar-refractivity contribution in [3.05, 3.63) is 0 Å². The monoisotopic (exact) mass is 262 g/mol. The summed E-state index contributed by atoms with van der Waals surface area (Å²) in [6.45, 7) is 3.98. The van der Waals surface area contributed by atoms with Gasteiger partial charge in [-0.1, -0.05) is 0 Å². The molecular formula is C3H15ClO4Si4. The first-order valence-electron chi connectivity index (χ1n) is 3.53. The SMILES string of the molecule is CO[Si](C)(C)O[SiH2]O[SiH2]O[SiH2]Cl. The number of halogens is 1. The first-order valence-corrected chi connectivity index (χ1v) is 11.4. The van der Waals surface area contributed by atoms with Crippen molar-refractivity contribution in [2.75, 3.05) is 7.11 Å². The lowest BCUT2D eigenvalue weighted by molar-refractivity contribution is 0.300. The summed E-state index contributed by atoms with van der Waals surface area (Å²) in [5.74, 6) is 0. The molecule has 0 aromatic heterocycles. The molecule has 0 heterocycles. The smallest absolute Gasteiger partial charge is 0.322 e. The molecule has 0 aliphatic carbocycles. The minimum Gasteiger partial charge on any atom is -0.433 e. The Kier molecular flexibility index (Phi) is 8.02. The Labute approximate surface area is 85.9 Å². The van der Waals surface area contributed by atoms with Crippen LogP contribution < -0.4 is 0 Å². The first kappa shape index (κ1) is 13.0. The van der Waals surface area contributed by atoms with Gasteiger partial charge in [0.15, 0.2) is 0 Å². The van der Waals surface area contributed by atoms with E-state index in [1.54, 1.807) is 7.11 Å². The highest BCUT2D eigenvalue weighted by Gasteiger charge is 2.21. The summed E-state index contributed by atoms with van der Waals surface area (Å²) in [5.41, 5.74) is 0. The van der Waals surface area contributed by atoms with E-state index in [1.165, 1.54) is 0 Å². The summed E-state index contributed by atoms with van der Waals surface area (Å²) in [6.07, 6.45) is 0.